The smallest absolute Gasteiger partial charge is 0.322 e. The Balaban J connectivity index is 1.81. The molecule has 0 fully saturated rings. The summed E-state index contributed by atoms with van der Waals surface area (Å²) in [4.78, 5) is 12.3. The van der Waals surface area contributed by atoms with Crippen LogP contribution in [-0.4, -0.2) is 25.9 Å². The Hall–Kier alpha value is -2.38. The number of carbonyl (C=O) groups excluding carboxylic acids is 1. The van der Waals surface area contributed by atoms with Crippen LogP contribution in [0.3, 0.4) is 0 Å². The summed E-state index contributed by atoms with van der Waals surface area (Å²) < 4.78 is 7.05. The molecule has 0 radical (unpaired) electrons. The van der Waals surface area contributed by atoms with Crippen LogP contribution in [0.1, 0.15) is 30.4 Å². The van der Waals surface area contributed by atoms with E-state index >= 15 is 0 Å². The van der Waals surface area contributed by atoms with Gasteiger partial charge in [0.2, 0.25) is 0 Å². The Kier molecular flexibility index (Phi) is 4.55. The summed E-state index contributed by atoms with van der Waals surface area (Å²) in [6.07, 6.45) is 1.56. The van der Waals surface area contributed by atoms with Gasteiger partial charge in [0.05, 0.1) is 10.6 Å². The highest BCUT2D eigenvalue weighted by atomic mass is 35.5. The van der Waals surface area contributed by atoms with E-state index in [0.29, 0.717) is 21.3 Å². The zero-order chi connectivity index (χ0) is 17.3. The van der Waals surface area contributed by atoms with Crippen LogP contribution in [-0.2, 0) is 0 Å². The third-order valence-corrected chi connectivity index (χ3v) is 3.75. The van der Waals surface area contributed by atoms with Crippen molar-refractivity contribution in [2.75, 3.05) is 5.32 Å². The first-order chi connectivity index (χ1) is 11.5. The number of nitrogens with zero attached hydrogens (tertiary/aromatic N) is 4. The van der Waals surface area contributed by atoms with Crippen LogP contribution in [0.4, 0.5) is 6.01 Å². The van der Waals surface area contributed by atoms with E-state index in [4.69, 9.17) is 27.6 Å². The third kappa shape index (κ3) is 3.27. The lowest BCUT2D eigenvalue weighted by atomic mass is 10.2. The van der Waals surface area contributed by atoms with Gasteiger partial charge in [0.1, 0.15) is 5.69 Å². The molecule has 0 aliphatic heterocycles. The number of hydrogen-bond donors (Lipinski definition) is 1. The molecule has 0 aliphatic rings. The normalized spacial score (nSPS) is 11.0. The number of amides is 1. The highest BCUT2D eigenvalue weighted by Crippen LogP contribution is 2.30. The van der Waals surface area contributed by atoms with Gasteiger partial charge in [0.15, 0.2) is 0 Å². The molecule has 0 aliphatic carbocycles. The molecule has 0 unspecified atom stereocenters. The molecular formula is C15H13Cl2N5O2. The predicted octanol–water partition coefficient (Wildman–Crippen LogP) is 4.07. The first-order valence-electron chi connectivity index (χ1n) is 7.09. The van der Waals surface area contributed by atoms with Crippen LogP contribution in [0.25, 0.3) is 11.5 Å². The summed E-state index contributed by atoms with van der Waals surface area (Å²) >= 11 is 12.0. The lowest BCUT2D eigenvalue weighted by Crippen LogP contribution is -2.19. The van der Waals surface area contributed by atoms with Gasteiger partial charge in [-0.15, -0.1) is 5.10 Å². The quantitative estimate of drug-likeness (QED) is 0.752. The lowest BCUT2D eigenvalue weighted by Gasteiger charge is -2.09. The summed E-state index contributed by atoms with van der Waals surface area (Å²) in [5, 5.41) is 15.2. The van der Waals surface area contributed by atoms with Crippen LogP contribution in [0, 0.1) is 0 Å². The van der Waals surface area contributed by atoms with Gasteiger partial charge >= 0.3 is 6.01 Å². The Morgan fingerprint density at radius 1 is 1.25 bits per heavy atom. The summed E-state index contributed by atoms with van der Waals surface area (Å²) in [6, 6.07) is 6.53. The molecule has 1 N–H and O–H groups in total. The lowest BCUT2D eigenvalue weighted by molar-refractivity contribution is 0.101. The number of halogens is 2. The monoisotopic (exact) mass is 365 g/mol. The van der Waals surface area contributed by atoms with Crippen molar-refractivity contribution < 1.29 is 9.21 Å². The SMILES string of the molecule is CC(C)n1nccc1C(=O)Nc1nnc(-c2ccc(Cl)cc2Cl)o1. The summed E-state index contributed by atoms with van der Waals surface area (Å²) in [6.45, 7) is 3.86. The molecule has 2 heterocycles. The molecule has 0 atom stereocenters. The predicted molar refractivity (Wildman–Crippen MR) is 90.3 cm³/mol. The van der Waals surface area contributed by atoms with Crippen LogP contribution in [0.2, 0.25) is 10.0 Å². The van der Waals surface area contributed by atoms with Gasteiger partial charge in [0, 0.05) is 17.3 Å². The summed E-state index contributed by atoms with van der Waals surface area (Å²) in [5.74, 6) is -0.206. The van der Waals surface area contributed by atoms with Crippen molar-refractivity contribution in [3.63, 3.8) is 0 Å². The van der Waals surface area contributed by atoms with E-state index in [1.54, 1.807) is 35.1 Å². The van der Waals surface area contributed by atoms with Crippen LogP contribution < -0.4 is 5.32 Å². The third-order valence-electron chi connectivity index (χ3n) is 3.20. The molecule has 0 spiro atoms. The maximum atomic E-state index is 12.3. The molecule has 1 amide bonds. The minimum Gasteiger partial charge on any atom is -0.403 e. The van der Waals surface area contributed by atoms with E-state index in [1.165, 1.54) is 0 Å². The topological polar surface area (TPSA) is 85.8 Å². The first-order valence-corrected chi connectivity index (χ1v) is 7.85. The summed E-state index contributed by atoms with van der Waals surface area (Å²) in [7, 11) is 0. The van der Waals surface area contributed by atoms with Gasteiger partial charge in [-0.1, -0.05) is 28.3 Å². The Labute approximate surface area is 147 Å². The van der Waals surface area contributed by atoms with E-state index in [2.05, 4.69) is 20.6 Å². The first kappa shape index (κ1) is 16.5. The number of nitrogens with one attached hydrogen (secondary N) is 1. The Morgan fingerprint density at radius 3 is 2.75 bits per heavy atom. The van der Waals surface area contributed by atoms with E-state index in [-0.39, 0.29) is 17.9 Å². The fourth-order valence-electron chi connectivity index (χ4n) is 2.11. The van der Waals surface area contributed by atoms with Gasteiger partial charge in [-0.3, -0.25) is 14.8 Å². The molecule has 2 aromatic heterocycles. The second-order valence-corrected chi connectivity index (χ2v) is 6.09. The van der Waals surface area contributed by atoms with Crippen molar-refractivity contribution in [2.45, 2.75) is 19.9 Å². The highest BCUT2D eigenvalue weighted by molar-refractivity contribution is 6.36. The largest absolute Gasteiger partial charge is 0.403 e. The number of carbonyl (C=O) groups is 1. The zero-order valence-corrected chi connectivity index (χ0v) is 14.3. The minimum absolute atomic E-state index is 0.0301. The van der Waals surface area contributed by atoms with Crippen molar-refractivity contribution >= 4 is 35.1 Å². The second kappa shape index (κ2) is 6.62. The van der Waals surface area contributed by atoms with Crippen LogP contribution in [0.5, 0.6) is 0 Å². The number of rotatable bonds is 4. The number of aromatic nitrogens is 4. The van der Waals surface area contributed by atoms with E-state index in [1.807, 2.05) is 13.8 Å². The molecule has 7 nitrogen and oxygen atoms in total. The molecule has 3 rings (SSSR count). The van der Waals surface area contributed by atoms with Crippen molar-refractivity contribution in [3.05, 3.63) is 46.2 Å². The van der Waals surface area contributed by atoms with Crippen molar-refractivity contribution in [2.24, 2.45) is 0 Å². The molecule has 9 heteroatoms. The number of anilines is 1. The maximum Gasteiger partial charge on any atom is 0.322 e. The molecule has 0 bridgehead atoms. The molecule has 0 saturated heterocycles. The van der Waals surface area contributed by atoms with Gasteiger partial charge in [-0.25, -0.2) is 0 Å². The van der Waals surface area contributed by atoms with E-state index in [9.17, 15) is 4.79 Å². The molecule has 24 heavy (non-hydrogen) atoms. The fourth-order valence-corrected chi connectivity index (χ4v) is 2.60. The molecule has 124 valence electrons. The van der Waals surface area contributed by atoms with Gasteiger partial charge < -0.3 is 4.42 Å². The van der Waals surface area contributed by atoms with Crippen molar-refractivity contribution in [1.29, 1.82) is 0 Å². The average Bonchev–Trinajstić information content (AvgIpc) is 3.16. The van der Waals surface area contributed by atoms with Gasteiger partial charge in [-0.05, 0) is 38.1 Å². The standard InChI is InChI=1S/C15H13Cl2N5O2/c1-8(2)22-12(5-6-18-22)13(23)19-15-21-20-14(24-15)10-4-3-9(16)7-11(10)17/h3-8H,1-2H3,(H,19,21,23). The van der Waals surface area contributed by atoms with Crippen LogP contribution >= 0.6 is 23.2 Å². The second-order valence-electron chi connectivity index (χ2n) is 5.25. The summed E-state index contributed by atoms with van der Waals surface area (Å²) in [5.41, 5.74) is 0.926. The van der Waals surface area contributed by atoms with Crippen molar-refractivity contribution in [3.8, 4) is 11.5 Å². The van der Waals surface area contributed by atoms with E-state index < -0.39 is 5.91 Å². The average molecular weight is 366 g/mol. The van der Waals surface area contributed by atoms with Crippen molar-refractivity contribution in [1.82, 2.24) is 20.0 Å². The molecule has 1 aromatic carbocycles. The van der Waals surface area contributed by atoms with Crippen LogP contribution in [0.15, 0.2) is 34.9 Å². The van der Waals surface area contributed by atoms with E-state index in [0.717, 1.165) is 0 Å². The molecule has 3 aromatic rings. The minimum atomic E-state index is -0.390. The van der Waals surface area contributed by atoms with Gasteiger partial charge in [-0.2, -0.15) is 5.10 Å². The number of benzene rings is 1. The zero-order valence-electron chi connectivity index (χ0n) is 12.8. The highest BCUT2D eigenvalue weighted by Gasteiger charge is 2.18. The fraction of sp³-hybridized carbons (Fsp3) is 0.200. The molecule has 0 saturated carbocycles. The molecular weight excluding hydrogens is 353 g/mol. The maximum absolute atomic E-state index is 12.3. The number of hydrogen-bond acceptors (Lipinski definition) is 5. The van der Waals surface area contributed by atoms with Gasteiger partial charge in [0.25, 0.3) is 11.8 Å². The Bertz CT molecular complexity index is 888. The Morgan fingerprint density at radius 2 is 2.04 bits per heavy atom.